The van der Waals surface area contributed by atoms with E-state index in [9.17, 15) is 4.79 Å². The van der Waals surface area contributed by atoms with E-state index in [1.807, 2.05) is 72.8 Å². The second-order valence-corrected chi connectivity index (χ2v) is 10.1. The summed E-state index contributed by atoms with van der Waals surface area (Å²) >= 11 is 13.5. The van der Waals surface area contributed by atoms with Crippen molar-refractivity contribution in [2.75, 3.05) is 0 Å². The number of ether oxygens (including phenoxy) is 1. The minimum atomic E-state index is -0.248. The summed E-state index contributed by atoms with van der Waals surface area (Å²) in [5.74, 6) is 1.01. The minimum Gasteiger partial charge on any atom is -0.487 e. The third kappa shape index (κ3) is 5.28. The molecule has 0 spiro atoms. The highest BCUT2D eigenvalue weighted by atomic mass is 79.9. The molecular formula is C28H18Br2ClN3O2. The fourth-order valence-electron chi connectivity index (χ4n) is 3.64. The molecule has 0 radical (unpaired) electrons. The van der Waals surface area contributed by atoms with E-state index in [1.165, 1.54) is 4.68 Å². The monoisotopic (exact) mass is 621 g/mol. The van der Waals surface area contributed by atoms with Gasteiger partial charge in [-0.3, -0.25) is 4.79 Å². The first-order chi connectivity index (χ1) is 17.5. The lowest BCUT2D eigenvalue weighted by atomic mass is 10.2. The summed E-state index contributed by atoms with van der Waals surface area (Å²) < 4.78 is 9.17. The van der Waals surface area contributed by atoms with Crippen molar-refractivity contribution < 1.29 is 4.74 Å². The van der Waals surface area contributed by atoms with Crippen molar-refractivity contribution in [3.05, 3.63) is 126 Å². The van der Waals surface area contributed by atoms with Gasteiger partial charge in [0.2, 0.25) is 0 Å². The van der Waals surface area contributed by atoms with Gasteiger partial charge < -0.3 is 4.74 Å². The summed E-state index contributed by atoms with van der Waals surface area (Å²) in [6.07, 6.45) is 1.59. The largest absolute Gasteiger partial charge is 0.487 e. The Balaban J connectivity index is 1.45. The first-order valence-electron chi connectivity index (χ1n) is 11.0. The van der Waals surface area contributed by atoms with Crippen molar-refractivity contribution in [3.63, 3.8) is 0 Å². The Kier molecular flexibility index (Phi) is 7.32. The second-order valence-electron chi connectivity index (χ2n) is 7.89. The van der Waals surface area contributed by atoms with Crippen molar-refractivity contribution in [2.24, 2.45) is 5.10 Å². The van der Waals surface area contributed by atoms with E-state index in [4.69, 9.17) is 21.3 Å². The van der Waals surface area contributed by atoms with Crippen LogP contribution in [0.15, 0.2) is 110 Å². The molecule has 0 N–H and O–H groups in total. The predicted octanol–water partition coefficient (Wildman–Crippen LogP) is 7.70. The number of aromatic nitrogens is 2. The number of hydrogen-bond acceptors (Lipinski definition) is 4. The minimum absolute atomic E-state index is 0.248. The van der Waals surface area contributed by atoms with Gasteiger partial charge in [-0.15, -0.1) is 0 Å². The maximum Gasteiger partial charge on any atom is 0.282 e. The Morgan fingerprint density at radius 2 is 1.72 bits per heavy atom. The number of halogens is 3. The fraction of sp³-hybridized carbons (Fsp3) is 0.0357. The van der Waals surface area contributed by atoms with E-state index in [1.54, 1.807) is 24.4 Å². The molecule has 4 aromatic carbocycles. The zero-order valence-corrected chi connectivity index (χ0v) is 22.7. The quantitative estimate of drug-likeness (QED) is 0.182. The summed E-state index contributed by atoms with van der Waals surface area (Å²) in [5, 5.41) is 5.43. The standard InChI is InChI=1S/C28H18Br2ClN3O2/c29-21-12-11-20(23(30)15-21)17-36-26-13-10-18(14-24(26)31)16-32-34-27(19-6-2-1-3-7-19)33-25-9-5-4-8-22(25)28(34)35/h1-16H,17H2. The van der Waals surface area contributed by atoms with Gasteiger partial charge in [0, 0.05) is 20.1 Å². The first kappa shape index (κ1) is 24.4. The number of para-hydroxylation sites is 1. The molecule has 178 valence electrons. The zero-order valence-electron chi connectivity index (χ0n) is 18.7. The van der Waals surface area contributed by atoms with E-state index >= 15 is 0 Å². The summed E-state index contributed by atoms with van der Waals surface area (Å²) in [5.41, 5.74) is 2.88. The normalized spacial score (nSPS) is 11.3. The van der Waals surface area contributed by atoms with E-state index in [0.29, 0.717) is 34.1 Å². The summed E-state index contributed by atoms with van der Waals surface area (Å²) in [6, 6.07) is 28.0. The molecule has 0 atom stereocenters. The number of rotatable bonds is 6. The van der Waals surface area contributed by atoms with E-state index < -0.39 is 0 Å². The van der Waals surface area contributed by atoms with Gasteiger partial charge in [0.15, 0.2) is 5.82 Å². The molecule has 0 unspecified atom stereocenters. The van der Waals surface area contributed by atoms with Crippen LogP contribution in [0.5, 0.6) is 5.75 Å². The van der Waals surface area contributed by atoms with Gasteiger partial charge in [-0.05, 0) is 48.0 Å². The number of benzene rings is 4. The number of hydrogen-bond donors (Lipinski definition) is 0. The van der Waals surface area contributed by atoms with E-state index in [2.05, 4.69) is 37.0 Å². The molecule has 0 saturated carbocycles. The molecule has 5 rings (SSSR count). The van der Waals surface area contributed by atoms with Crippen LogP contribution in [0.4, 0.5) is 0 Å². The van der Waals surface area contributed by atoms with Crippen LogP contribution >= 0.6 is 43.5 Å². The zero-order chi connectivity index (χ0) is 25.1. The number of nitrogens with zero attached hydrogens (tertiary/aromatic N) is 3. The van der Waals surface area contributed by atoms with Crippen molar-refractivity contribution >= 4 is 60.6 Å². The van der Waals surface area contributed by atoms with Crippen LogP contribution in [0.2, 0.25) is 5.02 Å². The van der Waals surface area contributed by atoms with Gasteiger partial charge >= 0.3 is 0 Å². The Morgan fingerprint density at radius 3 is 2.50 bits per heavy atom. The molecule has 0 aliphatic heterocycles. The van der Waals surface area contributed by atoms with Crippen molar-refractivity contribution in [2.45, 2.75) is 6.61 Å². The van der Waals surface area contributed by atoms with Crippen LogP contribution < -0.4 is 10.3 Å². The van der Waals surface area contributed by atoms with Gasteiger partial charge in [0.25, 0.3) is 5.56 Å². The molecule has 36 heavy (non-hydrogen) atoms. The van der Waals surface area contributed by atoms with Crippen LogP contribution in [0.1, 0.15) is 11.1 Å². The van der Waals surface area contributed by atoms with Crippen LogP contribution in [0.25, 0.3) is 22.3 Å². The van der Waals surface area contributed by atoms with Gasteiger partial charge in [-0.2, -0.15) is 9.78 Å². The Bertz CT molecular complexity index is 1650. The smallest absolute Gasteiger partial charge is 0.282 e. The fourth-order valence-corrected chi connectivity index (χ4v) is 5.04. The summed E-state index contributed by atoms with van der Waals surface area (Å²) in [6.45, 7) is 0.361. The van der Waals surface area contributed by atoms with Gasteiger partial charge in [0.1, 0.15) is 12.4 Å². The lowest BCUT2D eigenvalue weighted by molar-refractivity contribution is 0.305. The molecule has 8 heteroatoms. The third-order valence-corrected chi connectivity index (χ3v) is 6.99. The average molecular weight is 624 g/mol. The molecule has 0 fully saturated rings. The molecule has 5 nitrogen and oxygen atoms in total. The molecule has 0 aliphatic carbocycles. The van der Waals surface area contributed by atoms with Gasteiger partial charge in [-0.1, -0.05) is 92.0 Å². The van der Waals surface area contributed by atoms with E-state index in [0.717, 1.165) is 25.6 Å². The molecule has 5 aromatic rings. The Morgan fingerprint density at radius 1 is 0.944 bits per heavy atom. The maximum atomic E-state index is 13.3. The lowest BCUT2D eigenvalue weighted by Gasteiger charge is -2.11. The molecule has 0 bridgehead atoms. The lowest BCUT2D eigenvalue weighted by Crippen LogP contribution is -2.20. The number of fused-ring (bicyclic) bond motifs is 1. The summed E-state index contributed by atoms with van der Waals surface area (Å²) in [4.78, 5) is 18.0. The molecule has 0 aliphatic rings. The van der Waals surface area contributed by atoms with Crippen molar-refractivity contribution in [3.8, 4) is 17.1 Å². The Hall–Kier alpha value is -3.26. The second kappa shape index (κ2) is 10.8. The highest BCUT2D eigenvalue weighted by Crippen LogP contribution is 2.28. The predicted molar refractivity (Wildman–Crippen MR) is 152 cm³/mol. The highest BCUT2D eigenvalue weighted by Gasteiger charge is 2.12. The van der Waals surface area contributed by atoms with Gasteiger partial charge in [-0.25, -0.2) is 4.98 Å². The molecular weight excluding hydrogens is 606 g/mol. The highest BCUT2D eigenvalue weighted by molar-refractivity contribution is 9.11. The van der Waals surface area contributed by atoms with Crippen LogP contribution in [0, 0.1) is 0 Å². The average Bonchev–Trinajstić information content (AvgIpc) is 2.89. The van der Waals surface area contributed by atoms with Crippen LogP contribution in [-0.4, -0.2) is 15.9 Å². The molecule has 1 aromatic heterocycles. The third-order valence-electron chi connectivity index (χ3n) is 5.46. The van der Waals surface area contributed by atoms with E-state index in [-0.39, 0.29) is 5.56 Å². The SMILES string of the molecule is O=c1c2ccccc2nc(-c2ccccc2)n1N=Cc1ccc(OCc2ccc(Br)cc2Br)c(Cl)c1. The van der Waals surface area contributed by atoms with Crippen molar-refractivity contribution in [1.29, 1.82) is 0 Å². The first-order valence-corrected chi connectivity index (χ1v) is 12.9. The van der Waals surface area contributed by atoms with Crippen LogP contribution in [0.3, 0.4) is 0 Å². The van der Waals surface area contributed by atoms with Crippen LogP contribution in [-0.2, 0) is 6.61 Å². The van der Waals surface area contributed by atoms with Gasteiger partial charge in [0.05, 0.1) is 22.1 Å². The molecule has 1 heterocycles. The maximum absolute atomic E-state index is 13.3. The molecule has 0 amide bonds. The summed E-state index contributed by atoms with van der Waals surface area (Å²) in [7, 11) is 0. The van der Waals surface area contributed by atoms with Crippen molar-refractivity contribution in [1.82, 2.24) is 9.66 Å². The topological polar surface area (TPSA) is 56.5 Å². The molecule has 0 saturated heterocycles. The Labute approximate surface area is 229 Å².